The lowest BCUT2D eigenvalue weighted by molar-refractivity contribution is -0.133. The fourth-order valence-electron chi connectivity index (χ4n) is 3.86. The number of aromatic nitrogens is 3. The van der Waals surface area contributed by atoms with Gasteiger partial charge in [0, 0.05) is 49.9 Å². The van der Waals surface area contributed by atoms with Crippen LogP contribution in [0, 0.1) is 5.92 Å². The third-order valence-corrected chi connectivity index (χ3v) is 5.42. The zero-order valence-electron chi connectivity index (χ0n) is 15.5. The van der Waals surface area contributed by atoms with Crippen molar-refractivity contribution in [3.05, 3.63) is 17.8 Å². The van der Waals surface area contributed by atoms with Crippen LogP contribution in [-0.2, 0) is 9.53 Å². The van der Waals surface area contributed by atoms with E-state index in [-0.39, 0.29) is 11.8 Å². The van der Waals surface area contributed by atoms with E-state index < -0.39 is 0 Å². The monoisotopic (exact) mass is 357 g/mol. The number of pyridine rings is 1. The number of rotatable bonds is 4. The summed E-state index contributed by atoms with van der Waals surface area (Å²) in [7, 11) is 0. The Kier molecular flexibility index (Phi) is 4.80. The van der Waals surface area contributed by atoms with Gasteiger partial charge >= 0.3 is 0 Å². The molecular weight excluding hydrogens is 330 g/mol. The number of fused-ring (bicyclic) bond motifs is 1. The van der Waals surface area contributed by atoms with Gasteiger partial charge in [0.1, 0.15) is 0 Å². The van der Waals surface area contributed by atoms with Gasteiger partial charge in [-0.1, -0.05) is 13.8 Å². The molecule has 140 valence electrons. The maximum atomic E-state index is 12.2. The van der Waals surface area contributed by atoms with Crippen molar-refractivity contribution in [1.82, 2.24) is 20.1 Å². The minimum absolute atomic E-state index is 0.0515. The van der Waals surface area contributed by atoms with Crippen LogP contribution in [0.2, 0.25) is 0 Å². The van der Waals surface area contributed by atoms with E-state index >= 15 is 0 Å². The van der Waals surface area contributed by atoms with Gasteiger partial charge in [-0.05, 0) is 31.4 Å². The number of hydrogen-bond acceptors (Lipinski definition) is 5. The third-order valence-electron chi connectivity index (χ3n) is 5.42. The number of anilines is 1. The van der Waals surface area contributed by atoms with E-state index in [2.05, 4.69) is 27.6 Å². The maximum Gasteiger partial charge on any atom is 0.225 e. The summed E-state index contributed by atoms with van der Waals surface area (Å²) in [6, 6.07) is 4.58. The van der Waals surface area contributed by atoms with Gasteiger partial charge in [-0.2, -0.15) is 5.10 Å². The van der Waals surface area contributed by atoms with E-state index in [9.17, 15) is 4.79 Å². The minimum Gasteiger partial charge on any atom is -0.381 e. The molecule has 0 spiro atoms. The fourth-order valence-corrected chi connectivity index (χ4v) is 3.86. The molecule has 0 aromatic carbocycles. The van der Waals surface area contributed by atoms with Crippen LogP contribution in [-0.4, -0.2) is 58.3 Å². The van der Waals surface area contributed by atoms with E-state index in [1.54, 1.807) is 0 Å². The summed E-state index contributed by atoms with van der Waals surface area (Å²) < 4.78 is 5.41. The summed E-state index contributed by atoms with van der Waals surface area (Å²) in [6.45, 7) is 7.10. The first kappa shape index (κ1) is 17.3. The van der Waals surface area contributed by atoms with E-state index in [0.717, 1.165) is 68.1 Å². The first-order valence-electron chi connectivity index (χ1n) is 9.60. The predicted molar refractivity (Wildman–Crippen MR) is 100 cm³/mol. The number of likely N-dealkylation sites (tertiary alicyclic amines) is 1. The van der Waals surface area contributed by atoms with Crippen LogP contribution in [0.1, 0.15) is 44.7 Å². The van der Waals surface area contributed by atoms with Crippen LogP contribution in [0.25, 0.3) is 11.0 Å². The van der Waals surface area contributed by atoms with Gasteiger partial charge < -0.3 is 15.0 Å². The Morgan fingerprint density at radius 1 is 1.31 bits per heavy atom. The molecule has 1 amide bonds. The molecule has 26 heavy (non-hydrogen) atoms. The number of ether oxygens (including phenoxy) is 1. The average molecular weight is 357 g/mol. The molecule has 1 atom stereocenters. The van der Waals surface area contributed by atoms with Gasteiger partial charge in [0.15, 0.2) is 11.5 Å². The van der Waals surface area contributed by atoms with Gasteiger partial charge in [0.2, 0.25) is 5.91 Å². The summed E-state index contributed by atoms with van der Waals surface area (Å²) in [5.41, 5.74) is 1.85. The number of hydrogen-bond donors (Lipinski definition) is 2. The first-order valence-corrected chi connectivity index (χ1v) is 9.60. The molecule has 7 nitrogen and oxygen atoms in total. The third kappa shape index (κ3) is 3.40. The van der Waals surface area contributed by atoms with Crippen LogP contribution in [0.3, 0.4) is 0 Å². The second-order valence-electron chi connectivity index (χ2n) is 7.66. The van der Waals surface area contributed by atoms with Crippen molar-refractivity contribution in [2.45, 2.75) is 45.1 Å². The second kappa shape index (κ2) is 7.23. The normalized spacial score (nSPS) is 21.7. The van der Waals surface area contributed by atoms with Gasteiger partial charge in [-0.15, -0.1) is 0 Å². The summed E-state index contributed by atoms with van der Waals surface area (Å²) in [6.07, 6.45) is 2.97. The van der Waals surface area contributed by atoms with Crippen molar-refractivity contribution in [1.29, 1.82) is 0 Å². The van der Waals surface area contributed by atoms with Gasteiger partial charge in [0.05, 0.1) is 5.39 Å². The number of carbonyl (C=O) groups is 1. The Balaban J connectivity index is 1.47. The second-order valence-corrected chi connectivity index (χ2v) is 7.66. The number of nitrogens with one attached hydrogen (secondary N) is 2. The number of amides is 1. The van der Waals surface area contributed by atoms with Crippen LogP contribution < -0.4 is 5.32 Å². The van der Waals surface area contributed by atoms with Gasteiger partial charge in [-0.3, -0.25) is 9.89 Å². The van der Waals surface area contributed by atoms with E-state index in [0.29, 0.717) is 12.0 Å². The van der Waals surface area contributed by atoms with Gasteiger partial charge in [-0.25, -0.2) is 4.98 Å². The minimum atomic E-state index is 0.0515. The molecule has 4 rings (SSSR count). The highest BCUT2D eigenvalue weighted by molar-refractivity contribution is 5.87. The molecule has 0 radical (unpaired) electrons. The molecule has 2 saturated heterocycles. The number of aromatic amines is 1. The van der Waals surface area contributed by atoms with Crippen LogP contribution in [0.4, 0.5) is 5.82 Å². The molecule has 2 aromatic rings. The Labute approximate surface area is 153 Å². The van der Waals surface area contributed by atoms with Gasteiger partial charge in [0.25, 0.3) is 0 Å². The molecule has 2 N–H and O–H groups in total. The molecule has 2 fully saturated rings. The highest BCUT2D eigenvalue weighted by atomic mass is 16.5. The lowest BCUT2D eigenvalue weighted by atomic mass is 10.0. The van der Waals surface area contributed by atoms with Crippen LogP contribution in [0.15, 0.2) is 12.1 Å². The number of nitrogens with zero attached hydrogens (tertiary/aromatic N) is 3. The molecule has 0 unspecified atom stereocenters. The van der Waals surface area contributed by atoms with Crippen molar-refractivity contribution < 1.29 is 9.53 Å². The number of H-pyrrole nitrogens is 1. The van der Waals surface area contributed by atoms with E-state index in [1.807, 2.05) is 18.7 Å². The molecule has 0 saturated carbocycles. The lowest BCUT2D eigenvalue weighted by Gasteiger charge is -2.23. The fraction of sp³-hybridized carbons (Fsp3) is 0.632. The molecule has 7 heteroatoms. The maximum absolute atomic E-state index is 12.2. The molecular formula is C19H27N5O2. The lowest BCUT2D eigenvalue weighted by Crippen LogP contribution is -2.32. The summed E-state index contributed by atoms with van der Waals surface area (Å²) in [5.74, 6) is 1.46. The molecule has 2 aromatic heterocycles. The SMILES string of the molecule is CC(C)C(=O)N1CC[C@@H](c2ccc3c(NC4CCOCC4)n[nH]c3n2)C1. The summed E-state index contributed by atoms with van der Waals surface area (Å²) in [5, 5.41) is 12.0. The van der Waals surface area contributed by atoms with Crippen molar-refractivity contribution >= 4 is 22.8 Å². The summed E-state index contributed by atoms with van der Waals surface area (Å²) >= 11 is 0. The first-order chi connectivity index (χ1) is 12.6. The predicted octanol–water partition coefficient (Wildman–Crippen LogP) is 2.52. The Bertz CT molecular complexity index is 781. The Morgan fingerprint density at radius 3 is 2.88 bits per heavy atom. The van der Waals surface area contributed by atoms with Crippen molar-refractivity contribution in [2.75, 3.05) is 31.6 Å². The highest BCUT2D eigenvalue weighted by Gasteiger charge is 2.29. The largest absolute Gasteiger partial charge is 0.381 e. The number of carbonyl (C=O) groups excluding carboxylic acids is 1. The molecule has 0 aliphatic carbocycles. The van der Waals surface area contributed by atoms with E-state index in [1.165, 1.54) is 0 Å². The molecule has 2 aliphatic rings. The standard InChI is InChI=1S/C19H27N5O2/c1-12(2)19(25)24-8-5-13(11-24)16-4-3-15-17(22-23-18(15)21-16)20-14-6-9-26-10-7-14/h3-4,12-14H,5-11H2,1-2H3,(H2,20,21,22,23)/t13-/m1/s1. The summed E-state index contributed by atoms with van der Waals surface area (Å²) in [4.78, 5) is 19.0. The smallest absolute Gasteiger partial charge is 0.225 e. The molecule has 4 heterocycles. The average Bonchev–Trinajstić information content (AvgIpc) is 3.29. The highest BCUT2D eigenvalue weighted by Crippen LogP contribution is 2.29. The molecule has 0 bridgehead atoms. The van der Waals surface area contributed by atoms with Crippen LogP contribution in [0.5, 0.6) is 0 Å². The van der Waals surface area contributed by atoms with Crippen molar-refractivity contribution in [2.24, 2.45) is 5.92 Å². The zero-order valence-corrected chi connectivity index (χ0v) is 15.5. The topological polar surface area (TPSA) is 83.1 Å². The quantitative estimate of drug-likeness (QED) is 0.878. The van der Waals surface area contributed by atoms with Crippen LogP contribution >= 0.6 is 0 Å². The molecule has 2 aliphatic heterocycles. The Hall–Kier alpha value is -2.15. The van der Waals surface area contributed by atoms with Crippen molar-refractivity contribution in [3.8, 4) is 0 Å². The Morgan fingerprint density at radius 2 is 2.12 bits per heavy atom. The zero-order chi connectivity index (χ0) is 18.1. The van der Waals surface area contributed by atoms with E-state index in [4.69, 9.17) is 9.72 Å². The van der Waals surface area contributed by atoms with Crippen molar-refractivity contribution in [3.63, 3.8) is 0 Å².